The van der Waals surface area contributed by atoms with Crippen molar-refractivity contribution in [1.82, 2.24) is 9.97 Å². The topological polar surface area (TPSA) is 134 Å². The molecule has 3 rings (SSSR count). The predicted octanol–water partition coefficient (Wildman–Crippen LogP) is 6.54. The van der Waals surface area contributed by atoms with Crippen molar-refractivity contribution in [2.45, 2.75) is 107 Å². The molecule has 0 saturated heterocycles. The van der Waals surface area contributed by atoms with Gasteiger partial charge >= 0.3 is 11.9 Å². The number of aryl methyl sites for hydroxylation is 2. The van der Waals surface area contributed by atoms with E-state index in [9.17, 15) is 14.4 Å². The van der Waals surface area contributed by atoms with Gasteiger partial charge in [-0.05, 0) is 76.3 Å². The molecule has 1 aromatic heterocycles. The first kappa shape index (κ1) is 36.3. The molecular weight excluding hydrogens is 534 g/mol. The summed E-state index contributed by atoms with van der Waals surface area (Å²) in [4.78, 5) is 39.8. The monoisotopic (exact) mass is 583 g/mol. The highest BCUT2D eigenvalue weighted by atomic mass is 16.6. The zero-order valence-corrected chi connectivity index (χ0v) is 27.1. The van der Waals surface area contributed by atoms with Gasteiger partial charge in [0.05, 0.1) is 6.33 Å². The number of carbonyl (C=O) groups excluding carboxylic acids is 3. The highest BCUT2D eigenvalue weighted by molar-refractivity contribution is 5.98. The van der Waals surface area contributed by atoms with E-state index in [-0.39, 0.29) is 23.0 Å². The third-order valence-electron chi connectivity index (χ3n) is 5.91. The van der Waals surface area contributed by atoms with Crippen molar-refractivity contribution in [2.24, 2.45) is 11.1 Å². The molecule has 9 nitrogen and oxygen atoms in total. The molecule has 0 saturated carbocycles. The van der Waals surface area contributed by atoms with Crippen molar-refractivity contribution in [2.75, 3.05) is 0 Å². The summed E-state index contributed by atoms with van der Waals surface area (Å²) in [6, 6.07) is 6.03. The number of nitrogens with zero attached hydrogens (tertiary/aromatic N) is 1. The molecule has 3 aromatic rings. The Morgan fingerprint density at radius 3 is 2.12 bits per heavy atom. The lowest BCUT2D eigenvalue weighted by Gasteiger charge is -2.23. The van der Waals surface area contributed by atoms with Crippen molar-refractivity contribution < 1.29 is 28.6 Å². The Kier molecular flexibility index (Phi) is 13.9. The van der Waals surface area contributed by atoms with Crippen molar-refractivity contribution in [3.63, 3.8) is 0 Å². The van der Waals surface area contributed by atoms with Crippen molar-refractivity contribution >= 4 is 29.2 Å². The summed E-state index contributed by atoms with van der Waals surface area (Å²) >= 11 is 0. The number of rotatable bonds is 7. The second-order valence-corrected chi connectivity index (χ2v) is 12.6. The Balaban J connectivity index is 0.000000422. The standard InChI is InChI=1S/C21H26O4.C6H11N3.C6H12O2/c1-13-8-7-9-17-18(13)14(2)16(10-11-21(4,5)6)20(25-15(3)23)19(17)24-12-22;1-5(7)2-6-3-8-4-9-6;1-5(7)8-6(2,3)4/h7-9,12H,10-11H2,1-6H3;3-5H,2,7H2,1H3,(H,8,9);1-4H3. The number of esters is 2. The molecule has 1 atom stereocenters. The van der Waals surface area contributed by atoms with Gasteiger partial charge in [0, 0.05) is 49.2 Å². The van der Waals surface area contributed by atoms with Gasteiger partial charge in [-0.3, -0.25) is 14.4 Å². The lowest BCUT2D eigenvalue weighted by molar-refractivity contribution is -0.151. The number of aromatic amines is 1. The molecule has 3 N–H and O–H groups in total. The largest absolute Gasteiger partial charge is 0.460 e. The molecule has 0 amide bonds. The number of hydrogen-bond acceptors (Lipinski definition) is 8. The van der Waals surface area contributed by atoms with Crippen LogP contribution in [0.15, 0.2) is 30.7 Å². The average molecular weight is 584 g/mol. The number of aromatic nitrogens is 2. The van der Waals surface area contributed by atoms with Gasteiger partial charge < -0.3 is 24.9 Å². The summed E-state index contributed by atoms with van der Waals surface area (Å²) in [6.07, 6.45) is 5.98. The van der Waals surface area contributed by atoms with Crippen LogP contribution in [0.1, 0.15) is 91.1 Å². The van der Waals surface area contributed by atoms with E-state index in [0.717, 1.165) is 52.4 Å². The van der Waals surface area contributed by atoms with Gasteiger partial charge in [0.15, 0.2) is 11.5 Å². The van der Waals surface area contributed by atoms with Gasteiger partial charge in [0.1, 0.15) is 5.60 Å². The second kappa shape index (κ2) is 16.1. The second-order valence-electron chi connectivity index (χ2n) is 12.6. The molecule has 232 valence electrons. The minimum absolute atomic E-state index is 0.131. The molecule has 0 radical (unpaired) electrons. The molecule has 1 unspecified atom stereocenters. The third kappa shape index (κ3) is 12.9. The Labute approximate surface area is 250 Å². The number of carbonyl (C=O) groups is 3. The fraction of sp³-hybridized carbons (Fsp3) is 0.515. The predicted molar refractivity (Wildman–Crippen MR) is 167 cm³/mol. The lowest BCUT2D eigenvalue weighted by Crippen LogP contribution is -2.21. The van der Waals surface area contributed by atoms with E-state index >= 15 is 0 Å². The van der Waals surface area contributed by atoms with Crippen molar-refractivity contribution in [3.8, 4) is 11.5 Å². The Morgan fingerprint density at radius 1 is 1.05 bits per heavy atom. The van der Waals surface area contributed by atoms with Gasteiger partial charge in [-0.1, -0.05) is 39.0 Å². The maximum Gasteiger partial charge on any atom is 0.308 e. The van der Waals surface area contributed by atoms with Crippen LogP contribution in [0.3, 0.4) is 0 Å². The quantitative estimate of drug-likeness (QED) is 0.182. The molecule has 1 heterocycles. The van der Waals surface area contributed by atoms with Gasteiger partial charge in [0.25, 0.3) is 6.47 Å². The van der Waals surface area contributed by atoms with E-state index in [0.29, 0.717) is 18.0 Å². The number of ether oxygens (including phenoxy) is 3. The van der Waals surface area contributed by atoms with E-state index < -0.39 is 5.97 Å². The van der Waals surface area contributed by atoms with Crippen LogP contribution in [0.2, 0.25) is 0 Å². The molecule has 0 fully saturated rings. The van der Waals surface area contributed by atoms with Crippen LogP contribution in [-0.2, 0) is 32.0 Å². The van der Waals surface area contributed by atoms with Crippen LogP contribution in [0, 0.1) is 19.3 Å². The molecule has 42 heavy (non-hydrogen) atoms. The summed E-state index contributed by atoms with van der Waals surface area (Å²) in [7, 11) is 0. The number of nitrogens with one attached hydrogen (secondary N) is 1. The van der Waals surface area contributed by atoms with E-state index in [1.54, 1.807) is 12.5 Å². The van der Waals surface area contributed by atoms with Crippen LogP contribution in [-0.4, -0.2) is 40.0 Å². The van der Waals surface area contributed by atoms with Gasteiger partial charge in [-0.25, -0.2) is 4.98 Å². The number of fused-ring (bicyclic) bond motifs is 1. The maximum atomic E-state index is 11.7. The SMILES string of the molecule is CC(=O)OC(C)(C)C.CC(=O)Oc1c(CCC(C)(C)C)c(C)c2c(C)cccc2c1OC=O.CC(N)Cc1cnc[nH]1. The van der Waals surface area contributed by atoms with Crippen LogP contribution in [0.5, 0.6) is 11.5 Å². The Morgan fingerprint density at radius 2 is 1.69 bits per heavy atom. The van der Waals surface area contributed by atoms with Crippen LogP contribution < -0.4 is 15.2 Å². The normalized spacial score (nSPS) is 11.8. The van der Waals surface area contributed by atoms with Crippen LogP contribution in [0.25, 0.3) is 10.8 Å². The highest BCUT2D eigenvalue weighted by Gasteiger charge is 2.23. The molecule has 0 spiro atoms. The fourth-order valence-electron chi connectivity index (χ4n) is 4.33. The van der Waals surface area contributed by atoms with Gasteiger partial charge in [-0.2, -0.15) is 0 Å². The maximum absolute atomic E-state index is 11.7. The summed E-state index contributed by atoms with van der Waals surface area (Å²) in [5, 5.41) is 1.82. The minimum atomic E-state index is -0.431. The van der Waals surface area contributed by atoms with Gasteiger partial charge in [-0.15, -0.1) is 0 Å². The summed E-state index contributed by atoms with van der Waals surface area (Å²) in [5.74, 6) is 0.0227. The third-order valence-corrected chi connectivity index (χ3v) is 5.91. The number of benzene rings is 2. The summed E-state index contributed by atoms with van der Waals surface area (Å²) in [6.45, 7) is 21.2. The first-order valence-corrected chi connectivity index (χ1v) is 14.1. The molecule has 0 aliphatic carbocycles. The summed E-state index contributed by atoms with van der Waals surface area (Å²) < 4.78 is 15.6. The number of H-pyrrole nitrogens is 1. The number of nitrogens with two attached hydrogens (primary N) is 1. The fourth-order valence-corrected chi connectivity index (χ4v) is 4.33. The number of imidazole rings is 1. The van der Waals surface area contributed by atoms with E-state index in [1.807, 2.05) is 59.7 Å². The first-order valence-electron chi connectivity index (χ1n) is 14.1. The first-order chi connectivity index (χ1) is 19.4. The number of hydrogen-bond donors (Lipinski definition) is 2. The smallest absolute Gasteiger partial charge is 0.308 e. The zero-order valence-electron chi connectivity index (χ0n) is 27.1. The van der Waals surface area contributed by atoms with Crippen LogP contribution in [0.4, 0.5) is 0 Å². The molecule has 9 heteroatoms. The van der Waals surface area contributed by atoms with Crippen molar-refractivity contribution in [3.05, 3.63) is 53.1 Å². The van der Waals surface area contributed by atoms with E-state index in [1.165, 1.54) is 13.8 Å². The lowest BCUT2D eigenvalue weighted by atomic mass is 9.85. The average Bonchev–Trinajstić information content (AvgIpc) is 3.32. The summed E-state index contributed by atoms with van der Waals surface area (Å²) in [5.41, 5.74) is 9.52. The molecule has 0 aliphatic heterocycles. The van der Waals surface area contributed by atoms with Gasteiger partial charge in [0.2, 0.25) is 0 Å². The Bertz CT molecular complexity index is 1320. The molecule has 0 aliphatic rings. The van der Waals surface area contributed by atoms with E-state index in [2.05, 4.69) is 30.7 Å². The molecule has 0 bridgehead atoms. The van der Waals surface area contributed by atoms with E-state index in [4.69, 9.17) is 19.9 Å². The molecule has 2 aromatic carbocycles. The highest BCUT2D eigenvalue weighted by Crippen LogP contribution is 2.44. The zero-order chi connectivity index (χ0) is 32.3. The Hall–Kier alpha value is -3.72. The van der Waals surface area contributed by atoms with Crippen LogP contribution >= 0.6 is 0 Å². The minimum Gasteiger partial charge on any atom is -0.460 e. The molecular formula is C33H49N3O6. The van der Waals surface area contributed by atoms with Crippen molar-refractivity contribution in [1.29, 1.82) is 0 Å².